The highest BCUT2D eigenvalue weighted by atomic mass is 16.5. The van der Waals surface area contributed by atoms with Crippen molar-refractivity contribution < 1.29 is 9.47 Å². The van der Waals surface area contributed by atoms with Gasteiger partial charge < -0.3 is 15.2 Å². The van der Waals surface area contributed by atoms with Crippen LogP contribution in [0.2, 0.25) is 0 Å². The van der Waals surface area contributed by atoms with Gasteiger partial charge in [-0.05, 0) is 36.3 Å². The molecule has 0 radical (unpaired) electrons. The second kappa shape index (κ2) is 6.46. The van der Waals surface area contributed by atoms with E-state index in [2.05, 4.69) is 24.3 Å². The van der Waals surface area contributed by atoms with Gasteiger partial charge in [0.1, 0.15) is 11.9 Å². The number of rotatable bonds is 4. The molecule has 2 aromatic rings. The summed E-state index contributed by atoms with van der Waals surface area (Å²) in [7, 11) is 1.79. The second-order valence-electron chi connectivity index (χ2n) is 5.74. The number of hydrogen-bond acceptors (Lipinski definition) is 3. The van der Waals surface area contributed by atoms with E-state index in [4.69, 9.17) is 15.2 Å². The number of fused-ring (bicyclic) bond motifs is 1. The molecule has 0 saturated heterocycles. The van der Waals surface area contributed by atoms with E-state index >= 15 is 0 Å². The Morgan fingerprint density at radius 2 is 1.81 bits per heavy atom. The van der Waals surface area contributed by atoms with Crippen molar-refractivity contribution in [3.05, 3.63) is 42.0 Å². The van der Waals surface area contributed by atoms with E-state index in [0.717, 1.165) is 36.0 Å². The molecule has 21 heavy (non-hydrogen) atoms. The summed E-state index contributed by atoms with van der Waals surface area (Å²) in [5.41, 5.74) is 6.99. The summed E-state index contributed by atoms with van der Waals surface area (Å²) in [6.45, 7) is 0.552. The molecule has 1 aliphatic rings. The first-order valence-corrected chi connectivity index (χ1v) is 7.72. The van der Waals surface area contributed by atoms with E-state index in [9.17, 15) is 0 Å². The Hall–Kier alpha value is -1.58. The van der Waals surface area contributed by atoms with Gasteiger partial charge in [-0.15, -0.1) is 0 Å². The predicted molar refractivity (Wildman–Crippen MR) is 85.5 cm³/mol. The van der Waals surface area contributed by atoms with Gasteiger partial charge in [-0.3, -0.25) is 0 Å². The lowest BCUT2D eigenvalue weighted by Crippen LogP contribution is -2.29. The molecule has 112 valence electrons. The zero-order chi connectivity index (χ0) is 14.7. The first-order chi connectivity index (χ1) is 10.3. The molecule has 3 rings (SSSR count). The van der Waals surface area contributed by atoms with Crippen molar-refractivity contribution in [1.29, 1.82) is 0 Å². The van der Waals surface area contributed by atoms with E-state index in [1.807, 2.05) is 12.1 Å². The third-order valence-corrected chi connectivity index (χ3v) is 4.40. The predicted octanol–water partition coefficient (Wildman–Crippen LogP) is 3.63. The van der Waals surface area contributed by atoms with Gasteiger partial charge in [-0.2, -0.15) is 0 Å². The molecule has 0 aromatic heterocycles. The largest absolute Gasteiger partial charge is 0.490 e. The fraction of sp³-hybridized carbons (Fsp3) is 0.444. The van der Waals surface area contributed by atoms with Crippen LogP contribution in [0, 0.1) is 0 Å². The number of hydrogen-bond donors (Lipinski definition) is 1. The quantitative estimate of drug-likeness (QED) is 0.933. The average Bonchev–Trinajstić information content (AvgIpc) is 2.55. The van der Waals surface area contributed by atoms with Crippen LogP contribution in [0.1, 0.15) is 31.2 Å². The SMILES string of the molecule is COC1CCCC(Oc2ccc(CN)c3ccccc23)C1. The Morgan fingerprint density at radius 3 is 2.57 bits per heavy atom. The number of methoxy groups -OCH3 is 1. The Labute approximate surface area is 126 Å². The molecule has 3 nitrogen and oxygen atoms in total. The Balaban J connectivity index is 1.87. The van der Waals surface area contributed by atoms with Crippen molar-refractivity contribution in [1.82, 2.24) is 0 Å². The van der Waals surface area contributed by atoms with E-state index < -0.39 is 0 Å². The third-order valence-electron chi connectivity index (χ3n) is 4.40. The maximum atomic E-state index is 6.28. The highest BCUT2D eigenvalue weighted by molar-refractivity contribution is 5.91. The molecule has 0 amide bonds. The van der Waals surface area contributed by atoms with Crippen molar-refractivity contribution in [2.75, 3.05) is 7.11 Å². The average molecular weight is 285 g/mol. The molecule has 1 fully saturated rings. The summed E-state index contributed by atoms with van der Waals surface area (Å²) in [4.78, 5) is 0. The summed E-state index contributed by atoms with van der Waals surface area (Å²) >= 11 is 0. The zero-order valence-electron chi connectivity index (χ0n) is 12.5. The molecule has 0 spiro atoms. The fourth-order valence-corrected chi connectivity index (χ4v) is 3.22. The van der Waals surface area contributed by atoms with E-state index in [1.165, 1.54) is 11.8 Å². The summed E-state index contributed by atoms with van der Waals surface area (Å²) in [6, 6.07) is 12.5. The molecule has 0 heterocycles. The smallest absolute Gasteiger partial charge is 0.127 e. The van der Waals surface area contributed by atoms with Crippen LogP contribution in [-0.2, 0) is 11.3 Å². The molecular formula is C18H23NO2. The summed E-state index contributed by atoms with van der Waals surface area (Å²) in [6.07, 6.45) is 4.97. The molecule has 0 bridgehead atoms. The van der Waals surface area contributed by atoms with Crippen LogP contribution < -0.4 is 10.5 Å². The molecular weight excluding hydrogens is 262 g/mol. The molecule has 3 heteroatoms. The van der Waals surface area contributed by atoms with E-state index in [-0.39, 0.29) is 6.10 Å². The van der Waals surface area contributed by atoms with Crippen LogP contribution in [0.25, 0.3) is 10.8 Å². The number of ether oxygens (including phenoxy) is 2. The Kier molecular flexibility index (Phi) is 4.42. The lowest BCUT2D eigenvalue weighted by Gasteiger charge is -2.29. The number of benzene rings is 2. The van der Waals surface area contributed by atoms with Gasteiger partial charge in [0.05, 0.1) is 6.10 Å². The monoisotopic (exact) mass is 285 g/mol. The fourth-order valence-electron chi connectivity index (χ4n) is 3.22. The minimum Gasteiger partial charge on any atom is -0.490 e. The minimum atomic E-state index is 0.246. The van der Waals surface area contributed by atoms with Gasteiger partial charge >= 0.3 is 0 Å². The van der Waals surface area contributed by atoms with Crippen LogP contribution >= 0.6 is 0 Å². The first kappa shape index (κ1) is 14.4. The van der Waals surface area contributed by atoms with Crippen molar-refractivity contribution in [3.63, 3.8) is 0 Å². The van der Waals surface area contributed by atoms with E-state index in [1.54, 1.807) is 7.11 Å². The molecule has 1 aliphatic carbocycles. The maximum absolute atomic E-state index is 6.28. The van der Waals surface area contributed by atoms with Gasteiger partial charge in [0, 0.05) is 25.5 Å². The maximum Gasteiger partial charge on any atom is 0.127 e. The van der Waals surface area contributed by atoms with Gasteiger partial charge in [-0.1, -0.05) is 30.3 Å². The molecule has 0 aliphatic heterocycles. The lowest BCUT2D eigenvalue weighted by atomic mass is 9.94. The Morgan fingerprint density at radius 1 is 1.05 bits per heavy atom. The van der Waals surface area contributed by atoms with Crippen molar-refractivity contribution in [2.45, 2.75) is 44.4 Å². The highest BCUT2D eigenvalue weighted by Crippen LogP contribution is 2.32. The van der Waals surface area contributed by atoms with Gasteiger partial charge in [0.15, 0.2) is 0 Å². The Bertz CT molecular complexity index is 611. The van der Waals surface area contributed by atoms with Gasteiger partial charge in [0.25, 0.3) is 0 Å². The summed E-state index contributed by atoms with van der Waals surface area (Å²) in [5, 5.41) is 2.34. The normalized spacial score (nSPS) is 22.4. The highest BCUT2D eigenvalue weighted by Gasteiger charge is 2.23. The first-order valence-electron chi connectivity index (χ1n) is 7.72. The van der Waals surface area contributed by atoms with E-state index in [0.29, 0.717) is 12.6 Å². The van der Waals surface area contributed by atoms with Crippen LogP contribution in [0.4, 0.5) is 0 Å². The lowest BCUT2D eigenvalue weighted by molar-refractivity contribution is 0.0214. The summed E-state index contributed by atoms with van der Waals surface area (Å²) in [5.74, 6) is 0.963. The van der Waals surface area contributed by atoms with Crippen molar-refractivity contribution >= 4 is 10.8 Å². The second-order valence-corrected chi connectivity index (χ2v) is 5.74. The number of nitrogens with two attached hydrogens (primary N) is 1. The molecule has 2 unspecified atom stereocenters. The molecule has 2 N–H and O–H groups in total. The van der Waals surface area contributed by atoms with Gasteiger partial charge in [0.2, 0.25) is 0 Å². The topological polar surface area (TPSA) is 44.5 Å². The van der Waals surface area contributed by atoms with Crippen LogP contribution in [0.5, 0.6) is 5.75 Å². The summed E-state index contributed by atoms with van der Waals surface area (Å²) < 4.78 is 11.8. The van der Waals surface area contributed by atoms with Crippen molar-refractivity contribution in [2.24, 2.45) is 5.73 Å². The molecule has 2 atom stereocenters. The van der Waals surface area contributed by atoms with Gasteiger partial charge in [-0.25, -0.2) is 0 Å². The van der Waals surface area contributed by atoms with Crippen LogP contribution in [0.3, 0.4) is 0 Å². The van der Waals surface area contributed by atoms with Crippen LogP contribution in [0.15, 0.2) is 36.4 Å². The minimum absolute atomic E-state index is 0.246. The molecule has 1 saturated carbocycles. The molecule has 2 aromatic carbocycles. The third kappa shape index (κ3) is 3.04. The zero-order valence-corrected chi connectivity index (χ0v) is 12.5. The standard InChI is InChI=1S/C18H23NO2/c1-20-14-5-4-6-15(11-14)21-18-10-9-13(12-19)16-7-2-3-8-17(16)18/h2-3,7-10,14-15H,4-6,11-12,19H2,1H3. The van der Waals surface area contributed by atoms with Crippen LogP contribution in [-0.4, -0.2) is 19.3 Å². The van der Waals surface area contributed by atoms with Crippen molar-refractivity contribution in [3.8, 4) is 5.75 Å².